The molecule has 2 aliphatic rings. The van der Waals surface area contributed by atoms with Crippen LogP contribution in [-0.2, 0) is 5.41 Å². The van der Waals surface area contributed by atoms with Crippen LogP contribution in [-0.4, -0.2) is 15.0 Å². The highest BCUT2D eigenvalue weighted by atomic mass is 16.5. The van der Waals surface area contributed by atoms with Gasteiger partial charge in [0, 0.05) is 27.8 Å². The summed E-state index contributed by atoms with van der Waals surface area (Å²) in [6, 6.07) is 70.3. The van der Waals surface area contributed by atoms with Gasteiger partial charge in [0.25, 0.3) is 0 Å². The Kier molecular flexibility index (Phi) is 7.36. The van der Waals surface area contributed by atoms with E-state index in [0.29, 0.717) is 17.5 Å². The first-order chi connectivity index (χ1) is 27.7. The average molecular weight is 716 g/mol. The maximum atomic E-state index is 6.80. The third-order valence-corrected chi connectivity index (χ3v) is 11.2. The summed E-state index contributed by atoms with van der Waals surface area (Å²) < 4.78 is 6.80. The molecular weight excluding hydrogens is 683 g/mol. The van der Waals surface area contributed by atoms with E-state index < -0.39 is 5.41 Å². The molecule has 2 heterocycles. The van der Waals surface area contributed by atoms with Gasteiger partial charge < -0.3 is 4.74 Å². The van der Waals surface area contributed by atoms with Crippen molar-refractivity contribution in [1.82, 2.24) is 15.0 Å². The molecule has 1 aliphatic carbocycles. The van der Waals surface area contributed by atoms with Crippen LogP contribution in [0.1, 0.15) is 22.3 Å². The van der Waals surface area contributed by atoms with Crippen molar-refractivity contribution in [2.45, 2.75) is 5.41 Å². The van der Waals surface area contributed by atoms with Gasteiger partial charge in [-0.15, -0.1) is 0 Å². The molecule has 0 unspecified atom stereocenters. The normalized spacial score (nSPS) is 12.9. The minimum Gasteiger partial charge on any atom is -0.457 e. The Hall–Kier alpha value is -7.43. The van der Waals surface area contributed by atoms with Crippen molar-refractivity contribution in [3.05, 3.63) is 222 Å². The monoisotopic (exact) mass is 715 g/mol. The minimum atomic E-state index is -0.478. The number of hydrogen-bond donors (Lipinski definition) is 0. The van der Waals surface area contributed by atoms with Crippen LogP contribution >= 0.6 is 0 Å². The number of para-hydroxylation sites is 1. The summed E-state index contributed by atoms with van der Waals surface area (Å²) in [7, 11) is 0. The van der Waals surface area contributed by atoms with Crippen LogP contribution in [0, 0.1) is 0 Å². The topological polar surface area (TPSA) is 47.9 Å². The van der Waals surface area contributed by atoms with Crippen LogP contribution in [0.15, 0.2) is 200 Å². The van der Waals surface area contributed by atoms with Gasteiger partial charge in [-0.25, -0.2) is 15.0 Å². The Morgan fingerprint density at radius 2 is 0.696 bits per heavy atom. The zero-order chi connectivity index (χ0) is 37.1. The molecule has 0 saturated heterocycles. The van der Waals surface area contributed by atoms with Crippen LogP contribution < -0.4 is 4.74 Å². The van der Waals surface area contributed by atoms with Gasteiger partial charge in [-0.3, -0.25) is 0 Å². The molecule has 0 saturated carbocycles. The van der Waals surface area contributed by atoms with Gasteiger partial charge in [0.15, 0.2) is 17.5 Å². The van der Waals surface area contributed by atoms with E-state index in [2.05, 4.69) is 140 Å². The lowest BCUT2D eigenvalue weighted by molar-refractivity contribution is 0.436. The van der Waals surface area contributed by atoms with E-state index in [9.17, 15) is 0 Å². The third-order valence-electron chi connectivity index (χ3n) is 11.2. The molecule has 1 aliphatic heterocycles. The SMILES string of the molecule is c1ccc(-c2nc(-c3ccccc3)nc(-c3cccc(-c4cccc(-c5ccc6c(c5)Oc5ccccc5C65c6ccccc6-c6ccccc65)c4)c3)n2)cc1. The Labute approximate surface area is 325 Å². The predicted octanol–water partition coefficient (Wildman–Crippen LogP) is 12.7. The summed E-state index contributed by atoms with van der Waals surface area (Å²) in [4.78, 5) is 14.8. The van der Waals surface area contributed by atoms with Crippen LogP contribution in [0.2, 0.25) is 0 Å². The van der Waals surface area contributed by atoms with Gasteiger partial charge in [-0.1, -0.05) is 176 Å². The molecule has 0 N–H and O–H groups in total. The van der Waals surface area contributed by atoms with Crippen LogP contribution in [0.25, 0.3) is 67.5 Å². The summed E-state index contributed by atoms with van der Waals surface area (Å²) in [6.45, 7) is 0. The second-order valence-electron chi connectivity index (χ2n) is 14.4. The quantitative estimate of drug-likeness (QED) is 0.178. The van der Waals surface area contributed by atoms with Gasteiger partial charge in [0.05, 0.1) is 5.41 Å². The Balaban J connectivity index is 1.00. The lowest BCUT2D eigenvalue weighted by atomic mass is 9.66. The molecule has 0 bridgehead atoms. The van der Waals surface area contributed by atoms with Crippen molar-refractivity contribution >= 4 is 0 Å². The first-order valence-electron chi connectivity index (χ1n) is 18.9. The molecule has 0 atom stereocenters. The molecule has 4 nitrogen and oxygen atoms in total. The van der Waals surface area contributed by atoms with Crippen LogP contribution in [0.4, 0.5) is 0 Å². The van der Waals surface area contributed by atoms with E-state index in [4.69, 9.17) is 19.7 Å². The van der Waals surface area contributed by atoms with Crippen molar-refractivity contribution in [3.63, 3.8) is 0 Å². The van der Waals surface area contributed by atoms with Crippen molar-refractivity contribution in [1.29, 1.82) is 0 Å². The van der Waals surface area contributed by atoms with E-state index in [1.165, 1.54) is 27.8 Å². The maximum absolute atomic E-state index is 6.80. The summed E-state index contributed by atoms with van der Waals surface area (Å²) in [5, 5.41) is 0. The van der Waals surface area contributed by atoms with Gasteiger partial charge in [0.2, 0.25) is 0 Å². The van der Waals surface area contributed by atoms with Gasteiger partial charge in [-0.2, -0.15) is 0 Å². The number of hydrogen-bond acceptors (Lipinski definition) is 4. The first kappa shape index (κ1) is 32.0. The molecule has 1 spiro atoms. The molecule has 1 aromatic heterocycles. The standard InChI is InChI=1S/C52H33N3O/c1-3-15-34(16-4-1)49-53-50(35-17-5-2-6-18-35)55-51(54-49)40-22-14-21-38(32-40)36-19-13-20-37(31-36)39-29-30-46-48(33-39)56-47-28-12-11-27-45(47)52(46)43-25-9-7-23-41(43)42-24-8-10-26-44(42)52/h1-33H. The van der Waals surface area contributed by atoms with Crippen LogP contribution in [0.5, 0.6) is 11.5 Å². The number of nitrogens with zero attached hydrogens (tertiary/aromatic N) is 3. The molecule has 11 rings (SSSR count). The highest BCUT2D eigenvalue weighted by Gasteiger charge is 2.50. The highest BCUT2D eigenvalue weighted by molar-refractivity contribution is 5.89. The fourth-order valence-corrected chi connectivity index (χ4v) is 8.69. The van der Waals surface area contributed by atoms with Crippen molar-refractivity contribution in [2.24, 2.45) is 0 Å². The summed E-state index contributed by atoms with van der Waals surface area (Å²) in [6.07, 6.45) is 0. The van der Waals surface area contributed by atoms with E-state index in [1.54, 1.807) is 0 Å². The van der Waals surface area contributed by atoms with Crippen LogP contribution in [0.3, 0.4) is 0 Å². The molecule has 4 heteroatoms. The zero-order valence-electron chi connectivity index (χ0n) is 30.3. The lowest BCUT2D eigenvalue weighted by Gasteiger charge is -2.39. The van der Waals surface area contributed by atoms with Gasteiger partial charge >= 0.3 is 0 Å². The maximum Gasteiger partial charge on any atom is 0.164 e. The number of fused-ring (bicyclic) bond motifs is 9. The van der Waals surface area contributed by atoms with Crippen molar-refractivity contribution < 1.29 is 4.74 Å². The summed E-state index contributed by atoms with van der Waals surface area (Å²) in [5.41, 5.74) is 14.2. The van der Waals surface area contributed by atoms with E-state index in [-0.39, 0.29) is 0 Å². The number of rotatable bonds is 5. The average Bonchev–Trinajstić information content (AvgIpc) is 3.57. The van der Waals surface area contributed by atoms with E-state index >= 15 is 0 Å². The highest BCUT2D eigenvalue weighted by Crippen LogP contribution is 2.62. The smallest absolute Gasteiger partial charge is 0.164 e. The summed E-state index contributed by atoms with van der Waals surface area (Å²) in [5.74, 6) is 3.68. The second-order valence-corrected chi connectivity index (χ2v) is 14.4. The molecular formula is C52H33N3O. The number of ether oxygens (including phenoxy) is 1. The molecule has 0 amide bonds. The predicted molar refractivity (Wildman–Crippen MR) is 224 cm³/mol. The number of aromatic nitrogens is 3. The van der Waals surface area contributed by atoms with Gasteiger partial charge in [0.1, 0.15) is 11.5 Å². The molecule has 56 heavy (non-hydrogen) atoms. The van der Waals surface area contributed by atoms with Gasteiger partial charge in [-0.05, 0) is 68.8 Å². The molecule has 0 radical (unpaired) electrons. The largest absolute Gasteiger partial charge is 0.457 e. The number of benzene rings is 8. The first-order valence-corrected chi connectivity index (χ1v) is 18.9. The molecule has 0 fully saturated rings. The Morgan fingerprint density at radius 1 is 0.286 bits per heavy atom. The Morgan fingerprint density at radius 3 is 1.29 bits per heavy atom. The summed E-state index contributed by atoms with van der Waals surface area (Å²) >= 11 is 0. The zero-order valence-corrected chi connectivity index (χ0v) is 30.3. The second kappa shape index (κ2) is 12.9. The fourth-order valence-electron chi connectivity index (χ4n) is 8.69. The molecule has 9 aromatic rings. The molecule has 8 aromatic carbocycles. The minimum absolute atomic E-state index is 0.478. The third kappa shape index (κ3) is 5.04. The van der Waals surface area contributed by atoms with E-state index in [0.717, 1.165) is 56.0 Å². The molecule has 262 valence electrons. The van der Waals surface area contributed by atoms with Crippen molar-refractivity contribution in [3.8, 4) is 79.0 Å². The van der Waals surface area contributed by atoms with Crippen molar-refractivity contribution in [2.75, 3.05) is 0 Å². The fraction of sp³-hybridized carbons (Fsp3) is 0.0192. The lowest BCUT2D eigenvalue weighted by Crippen LogP contribution is -2.32. The van der Waals surface area contributed by atoms with E-state index in [1.807, 2.05) is 60.7 Å². The Bertz CT molecular complexity index is 2850.